The van der Waals surface area contributed by atoms with Gasteiger partial charge in [-0.05, 0) is 36.6 Å². The molecule has 3 heterocycles. The molecule has 2 unspecified atom stereocenters. The third-order valence-electron chi connectivity index (χ3n) is 5.30. The third-order valence-corrected chi connectivity index (χ3v) is 6.40. The summed E-state index contributed by atoms with van der Waals surface area (Å²) in [7, 11) is 1.86. The Kier molecular flexibility index (Phi) is 9.66. The standard InChI is InChI=1S/C19H32N4OS.HI/c1-15(18-4-3-11-25-18)12-21-19(20-2)22-17-5-8-23(9-6-17)13-16-7-10-24-14-16;/h3-4,11,15-17H,5-10,12-14H2,1-2H3,(H2,20,21,22);1H. The van der Waals surface area contributed by atoms with Crippen LogP contribution in [0.15, 0.2) is 22.5 Å². The maximum absolute atomic E-state index is 5.50. The minimum atomic E-state index is 0. The van der Waals surface area contributed by atoms with Gasteiger partial charge in [0.15, 0.2) is 5.96 Å². The van der Waals surface area contributed by atoms with E-state index in [0.29, 0.717) is 12.0 Å². The molecule has 1 aromatic rings. The predicted octanol–water partition coefficient (Wildman–Crippen LogP) is 3.14. The second-order valence-corrected chi connectivity index (χ2v) is 8.30. The first kappa shape index (κ1) is 21.9. The molecule has 0 bridgehead atoms. The molecular formula is C19H33IN4OS. The average molecular weight is 492 g/mol. The average Bonchev–Trinajstić information content (AvgIpc) is 3.33. The first-order valence-electron chi connectivity index (χ1n) is 9.55. The summed E-state index contributed by atoms with van der Waals surface area (Å²) >= 11 is 1.82. The molecule has 2 aliphatic heterocycles. The molecular weight excluding hydrogens is 459 g/mol. The zero-order valence-corrected chi connectivity index (χ0v) is 19.1. The Morgan fingerprint density at radius 1 is 1.38 bits per heavy atom. The van der Waals surface area contributed by atoms with Gasteiger partial charge in [-0.3, -0.25) is 4.99 Å². The summed E-state index contributed by atoms with van der Waals surface area (Å²) in [6, 6.07) is 4.85. The van der Waals surface area contributed by atoms with Crippen LogP contribution in [0.4, 0.5) is 0 Å². The molecule has 7 heteroatoms. The van der Waals surface area contributed by atoms with Gasteiger partial charge in [-0.2, -0.15) is 0 Å². The van der Waals surface area contributed by atoms with Gasteiger partial charge in [0, 0.05) is 56.7 Å². The van der Waals surface area contributed by atoms with Gasteiger partial charge in [0.2, 0.25) is 0 Å². The lowest BCUT2D eigenvalue weighted by Crippen LogP contribution is -2.49. The van der Waals surface area contributed by atoms with Crippen LogP contribution in [0.2, 0.25) is 0 Å². The van der Waals surface area contributed by atoms with Crippen LogP contribution in [0.3, 0.4) is 0 Å². The summed E-state index contributed by atoms with van der Waals surface area (Å²) in [5.41, 5.74) is 0. The van der Waals surface area contributed by atoms with Crippen molar-refractivity contribution < 1.29 is 4.74 Å². The van der Waals surface area contributed by atoms with E-state index in [1.54, 1.807) is 0 Å². The Bertz CT molecular complexity index is 526. The van der Waals surface area contributed by atoms with E-state index >= 15 is 0 Å². The number of nitrogens with one attached hydrogen (secondary N) is 2. The lowest BCUT2D eigenvalue weighted by atomic mass is 10.0. The summed E-state index contributed by atoms with van der Waals surface area (Å²) < 4.78 is 5.50. The van der Waals surface area contributed by atoms with Gasteiger partial charge in [0.1, 0.15) is 0 Å². The molecule has 2 N–H and O–H groups in total. The topological polar surface area (TPSA) is 48.9 Å². The number of halogens is 1. The highest BCUT2D eigenvalue weighted by molar-refractivity contribution is 14.0. The molecule has 2 atom stereocenters. The van der Waals surface area contributed by atoms with Crippen LogP contribution in [-0.4, -0.2) is 63.3 Å². The van der Waals surface area contributed by atoms with Crippen molar-refractivity contribution in [3.63, 3.8) is 0 Å². The highest BCUT2D eigenvalue weighted by atomic mass is 127. The van der Waals surface area contributed by atoms with Gasteiger partial charge in [0.25, 0.3) is 0 Å². The zero-order chi connectivity index (χ0) is 17.5. The number of hydrogen-bond donors (Lipinski definition) is 2. The van der Waals surface area contributed by atoms with Gasteiger partial charge in [-0.15, -0.1) is 35.3 Å². The smallest absolute Gasteiger partial charge is 0.191 e. The van der Waals surface area contributed by atoms with Crippen molar-refractivity contribution in [3.8, 4) is 0 Å². The van der Waals surface area contributed by atoms with Crippen molar-refractivity contribution in [1.29, 1.82) is 0 Å². The minimum Gasteiger partial charge on any atom is -0.381 e. The maximum Gasteiger partial charge on any atom is 0.191 e. The molecule has 148 valence electrons. The summed E-state index contributed by atoms with van der Waals surface area (Å²) in [4.78, 5) is 8.43. The molecule has 26 heavy (non-hydrogen) atoms. The Morgan fingerprint density at radius 2 is 2.19 bits per heavy atom. The quantitative estimate of drug-likeness (QED) is 0.364. The van der Waals surface area contributed by atoms with Crippen molar-refractivity contribution in [2.75, 3.05) is 46.4 Å². The maximum atomic E-state index is 5.50. The Morgan fingerprint density at radius 3 is 2.81 bits per heavy atom. The van der Waals surface area contributed by atoms with Gasteiger partial charge in [-0.1, -0.05) is 13.0 Å². The largest absolute Gasteiger partial charge is 0.381 e. The van der Waals surface area contributed by atoms with Crippen LogP contribution in [0.5, 0.6) is 0 Å². The van der Waals surface area contributed by atoms with Crippen LogP contribution >= 0.6 is 35.3 Å². The van der Waals surface area contributed by atoms with E-state index in [2.05, 4.69) is 45.0 Å². The number of guanidine groups is 1. The lowest BCUT2D eigenvalue weighted by molar-refractivity contribution is 0.150. The fraction of sp³-hybridized carbons (Fsp3) is 0.737. The van der Waals surface area contributed by atoms with E-state index in [9.17, 15) is 0 Å². The van der Waals surface area contributed by atoms with Gasteiger partial charge in [-0.25, -0.2) is 0 Å². The fourth-order valence-corrected chi connectivity index (χ4v) is 4.45. The summed E-state index contributed by atoms with van der Waals surface area (Å²) in [5.74, 6) is 2.19. The van der Waals surface area contributed by atoms with E-state index in [1.807, 2.05) is 18.4 Å². The van der Waals surface area contributed by atoms with Crippen molar-refractivity contribution >= 4 is 41.3 Å². The normalized spacial score (nSPS) is 23.5. The van der Waals surface area contributed by atoms with E-state index in [1.165, 1.54) is 43.8 Å². The van der Waals surface area contributed by atoms with Gasteiger partial charge < -0.3 is 20.3 Å². The predicted molar refractivity (Wildman–Crippen MR) is 121 cm³/mol. The summed E-state index contributed by atoms with van der Waals surface area (Å²) in [6.45, 7) is 8.65. The fourth-order valence-electron chi connectivity index (χ4n) is 3.66. The summed E-state index contributed by atoms with van der Waals surface area (Å²) in [5, 5.41) is 9.24. The number of piperidine rings is 1. The number of aliphatic imine (C=N–C) groups is 1. The molecule has 0 amide bonds. The van der Waals surface area contributed by atoms with E-state index in [0.717, 1.165) is 31.6 Å². The molecule has 2 fully saturated rings. The van der Waals surface area contributed by atoms with Gasteiger partial charge in [0.05, 0.1) is 6.61 Å². The zero-order valence-electron chi connectivity index (χ0n) is 15.9. The highest BCUT2D eigenvalue weighted by Crippen LogP contribution is 2.20. The number of thiophene rings is 1. The third kappa shape index (κ3) is 6.65. The van der Waals surface area contributed by atoms with Crippen LogP contribution < -0.4 is 10.6 Å². The van der Waals surface area contributed by atoms with Gasteiger partial charge >= 0.3 is 0 Å². The summed E-state index contributed by atoms with van der Waals surface area (Å²) in [6.07, 6.45) is 3.61. The number of ether oxygens (including phenoxy) is 1. The molecule has 1 aromatic heterocycles. The SMILES string of the molecule is CN=C(NCC(C)c1cccs1)NC1CCN(CC2CCOC2)CC1.I. The molecule has 0 aromatic carbocycles. The first-order chi connectivity index (χ1) is 12.2. The van der Waals surface area contributed by atoms with Crippen molar-refractivity contribution in [2.24, 2.45) is 10.9 Å². The van der Waals surface area contributed by atoms with E-state index in [-0.39, 0.29) is 24.0 Å². The number of nitrogens with zero attached hydrogens (tertiary/aromatic N) is 2. The molecule has 0 spiro atoms. The number of rotatable bonds is 6. The molecule has 5 nitrogen and oxygen atoms in total. The Balaban J connectivity index is 0.00000243. The molecule has 0 aliphatic carbocycles. The second-order valence-electron chi connectivity index (χ2n) is 7.32. The van der Waals surface area contributed by atoms with Crippen LogP contribution in [0.1, 0.15) is 37.0 Å². The Labute approximate surface area is 179 Å². The highest BCUT2D eigenvalue weighted by Gasteiger charge is 2.24. The monoisotopic (exact) mass is 492 g/mol. The molecule has 2 aliphatic rings. The molecule has 0 radical (unpaired) electrons. The molecule has 2 saturated heterocycles. The van der Waals surface area contributed by atoms with Crippen LogP contribution in [0.25, 0.3) is 0 Å². The molecule has 3 rings (SSSR count). The van der Waals surface area contributed by atoms with E-state index in [4.69, 9.17) is 4.74 Å². The Hall–Kier alpha value is -0.380. The number of likely N-dealkylation sites (tertiary alicyclic amines) is 1. The van der Waals surface area contributed by atoms with Crippen LogP contribution in [-0.2, 0) is 4.74 Å². The van der Waals surface area contributed by atoms with Crippen molar-refractivity contribution in [3.05, 3.63) is 22.4 Å². The lowest BCUT2D eigenvalue weighted by Gasteiger charge is -2.34. The van der Waals surface area contributed by atoms with Crippen molar-refractivity contribution in [2.45, 2.75) is 38.1 Å². The second kappa shape index (κ2) is 11.5. The van der Waals surface area contributed by atoms with Crippen LogP contribution in [0, 0.1) is 5.92 Å². The van der Waals surface area contributed by atoms with E-state index < -0.39 is 0 Å². The number of hydrogen-bond acceptors (Lipinski definition) is 4. The van der Waals surface area contributed by atoms with Crippen molar-refractivity contribution in [1.82, 2.24) is 15.5 Å². The minimum absolute atomic E-state index is 0. The molecule has 0 saturated carbocycles. The first-order valence-corrected chi connectivity index (χ1v) is 10.4.